The zero-order chi connectivity index (χ0) is 15.2. The van der Waals surface area contributed by atoms with E-state index in [0.717, 1.165) is 23.5 Å². The maximum absolute atomic E-state index is 13.0. The number of halogens is 1. The molecule has 112 valence electrons. The van der Waals surface area contributed by atoms with E-state index in [1.807, 2.05) is 24.3 Å². The molecule has 2 aromatic rings. The van der Waals surface area contributed by atoms with E-state index in [2.05, 4.69) is 11.8 Å². The summed E-state index contributed by atoms with van der Waals surface area (Å²) in [5, 5.41) is 0. The number of nitrogens with two attached hydrogens (primary N) is 1. The third kappa shape index (κ3) is 3.73. The lowest BCUT2D eigenvalue weighted by Gasteiger charge is -2.27. The summed E-state index contributed by atoms with van der Waals surface area (Å²) in [6.07, 6.45) is 0. The van der Waals surface area contributed by atoms with E-state index in [0.29, 0.717) is 6.54 Å². The second kappa shape index (κ2) is 7.09. The van der Waals surface area contributed by atoms with Crippen molar-refractivity contribution in [2.45, 2.75) is 13.0 Å². The predicted octanol–water partition coefficient (Wildman–Crippen LogP) is 3.36. The molecule has 21 heavy (non-hydrogen) atoms. The lowest BCUT2D eigenvalue weighted by atomic mass is 10.1. The van der Waals surface area contributed by atoms with Gasteiger partial charge in [0.15, 0.2) is 0 Å². The SMILES string of the molecule is CCN(CC(N)c1ccccc1OC)c1ccc(F)cc1. The Bertz CT molecular complexity index is 571. The average Bonchev–Trinajstić information content (AvgIpc) is 2.53. The molecule has 0 saturated heterocycles. The van der Waals surface area contributed by atoms with Crippen LogP contribution in [0.1, 0.15) is 18.5 Å². The lowest BCUT2D eigenvalue weighted by Crippen LogP contribution is -2.32. The molecule has 0 aliphatic heterocycles. The molecule has 2 N–H and O–H groups in total. The standard InChI is InChI=1S/C17H21FN2O/c1-3-20(14-10-8-13(18)9-11-14)12-16(19)15-6-4-5-7-17(15)21-2/h4-11,16H,3,12,19H2,1-2H3. The van der Waals surface area contributed by atoms with Gasteiger partial charge in [-0.3, -0.25) is 0 Å². The van der Waals surface area contributed by atoms with Gasteiger partial charge in [-0.25, -0.2) is 4.39 Å². The smallest absolute Gasteiger partial charge is 0.123 e. The molecule has 2 aromatic carbocycles. The molecule has 0 amide bonds. The number of likely N-dealkylation sites (N-methyl/N-ethyl adjacent to an activating group) is 1. The minimum atomic E-state index is -0.233. The summed E-state index contributed by atoms with van der Waals surface area (Å²) in [5.74, 6) is 0.559. The predicted molar refractivity (Wildman–Crippen MR) is 84.2 cm³/mol. The van der Waals surface area contributed by atoms with Crippen LogP contribution in [-0.4, -0.2) is 20.2 Å². The molecule has 0 fully saturated rings. The van der Waals surface area contributed by atoms with Gasteiger partial charge >= 0.3 is 0 Å². The Balaban J connectivity index is 2.16. The number of hydrogen-bond donors (Lipinski definition) is 1. The molecule has 3 nitrogen and oxygen atoms in total. The number of rotatable bonds is 6. The zero-order valence-electron chi connectivity index (χ0n) is 12.4. The van der Waals surface area contributed by atoms with Gasteiger partial charge < -0.3 is 15.4 Å². The summed E-state index contributed by atoms with van der Waals surface area (Å²) in [7, 11) is 1.64. The van der Waals surface area contributed by atoms with Gasteiger partial charge in [0.05, 0.1) is 13.2 Å². The first-order valence-corrected chi connectivity index (χ1v) is 7.04. The van der Waals surface area contributed by atoms with Gasteiger partial charge in [0, 0.05) is 24.3 Å². The van der Waals surface area contributed by atoms with Crippen molar-refractivity contribution in [3.05, 3.63) is 59.9 Å². The first-order valence-electron chi connectivity index (χ1n) is 7.04. The maximum atomic E-state index is 13.0. The Morgan fingerprint density at radius 2 is 1.81 bits per heavy atom. The van der Waals surface area contributed by atoms with E-state index in [1.165, 1.54) is 12.1 Å². The molecule has 4 heteroatoms. The molecule has 0 saturated carbocycles. The van der Waals surface area contributed by atoms with Gasteiger partial charge in [-0.15, -0.1) is 0 Å². The van der Waals surface area contributed by atoms with Crippen LogP contribution in [0.3, 0.4) is 0 Å². The van der Waals surface area contributed by atoms with Gasteiger partial charge in [-0.05, 0) is 37.3 Å². The third-order valence-corrected chi connectivity index (χ3v) is 3.53. The largest absolute Gasteiger partial charge is 0.496 e. The number of para-hydroxylation sites is 1. The van der Waals surface area contributed by atoms with Crippen LogP contribution in [0.4, 0.5) is 10.1 Å². The quantitative estimate of drug-likeness (QED) is 0.886. The second-order valence-electron chi connectivity index (χ2n) is 4.86. The highest BCUT2D eigenvalue weighted by Crippen LogP contribution is 2.25. The highest BCUT2D eigenvalue weighted by molar-refractivity contribution is 5.47. The minimum absolute atomic E-state index is 0.175. The Kier molecular flexibility index (Phi) is 5.17. The van der Waals surface area contributed by atoms with E-state index in [9.17, 15) is 4.39 Å². The van der Waals surface area contributed by atoms with Crippen molar-refractivity contribution in [2.24, 2.45) is 5.73 Å². The van der Waals surface area contributed by atoms with Crippen LogP contribution in [0, 0.1) is 5.82 Å². The van der Waals surface area contributed by atoms with Crippen molar-refractivity contribution in [3.8, 4) is 5.75 Å². The Hall–Kier alpha value is -2.07. The first-order chi connectivity index (χ1) is 10.2. The lowest BCUT2D eigenvalue weighted by molar-refractivity contribution is 0.405. The molecule has 0 aliphatic carbocycles. The topological polar surface area (TPSA) is 38.5 Å². The Labute approximate surface area is 125 Å². The molecule has 0 radical (unpaired) electrons. The second-order valence-corrected chi connectivity index (χ2v) is 4.86. The molecular weight excluding hydrogens is 267 g/mol. The van der Waals surface area contributed by atoms with E-state index in [1.54, 1.807) is 19.2 Å². The molecule has 0 aliphatic rings. The fourth-order valence-corrected chi connectivity index (χ4v) is 2.38. The molecule has 2 rings (SSSR count). The average molecular weight is 288 g/mol. The van der Waals surface area contributed by atoms with Gasteiger partial charge in [-0.2, -0.15) is 0 Å². The number of nitrogens with zero attached hydrogens (tertiary/aromatic N) is 1. The van der Waals surface area contributed by atoms with E-state index < -0.39 is 0 Å². The zero-order valence-corrected chi connectivity index (χ0v) is 12.4. The first kappa shape index (κ1) is 15.3. The van der Waals surface area contributed by atoms with Gasteiger partial charge in [0.1, 0.15) is 11.6 Å². The summed E-state index contributed by atoms with van der Waals surface area (Å²) in [6, 6.07) is 14.1. The maximum Gasteiger partial charge on any atom is 0.123 e. The van der Waals surface area contributed by atoms with Crippen LogP contribution < -0.4 is 15.4 Å². The third-order valence-electron chi connectivity index (χ3n) is 3.53. The number of methoxy groups -OCH3 is 1. The van der Waals surface area contributed by atoms with Crippen LogP contribution in [0.5, 0.6) is 5.75 Å². The highest BCUT2D eigenvalue weighted by atomic mass is 19.1. The van der Waals surface area contributed by atoms with Crippen molar-refractivity contribution in [1.82, 2.24) is 0 Å². The summed E-state index contributed by atoms with van der Waals surface area (Å²) >= 11 is 0. The minimum Gasteiger partial charge on any atom is -0.496 e. The molecular formula is C17H21FN2O. The Morgan fingerprint density at radius 3 is 2.43 bits per heavy atom. The van der Waals surface area contributed by atoms with E-state index in [-0.39, 0.29) is 11.9 Å². The molecule has 1 unspecified atom stereocenters. The number of hydrogen-bond acceptors (Lipinski definition) is 3. The van der Waals surface area contributed by atoms with Crippen LogP contribution in [0.15, 0.2) is 48.5 Å². The monoisotopic (exact) mass is 288 g/mol. The van der Waals surface area contributed by atoms with Crippen molar-refractivity contribution in [1.29, 1.82) is 0 Å². The van der Waals surface area contributed by atoms with Crippen LogP contribution in [0.25, 0.3) is 0 Å². The summed E-state index contributed by atoms with van der Waals surface area (Å²) in [5.41, 5.74) is 8.25. The van der Waals surface area contributed by atoms with Crippen LogP contribution in [-0.2, 0) is 0 Å². The number of ether oxygens (including phenoxy) is 1. The Morgan fingerprint density at radius 1 is 1.14 bits per heavy atom. The summed E-state index contributed by atoms with van der Waals surface area (Å²) in [6.45, 7) is 3.50. The summed E-state index contributed by atoms with van der Waals surface area (Å²) < 4.78 is 18.4. The van der Waals surface area contributed by atoms with Crippen molar-refractivity contribution >= 4 is 5.69 Å². The normalized spacial score (nSPS) is 12.0. The van der Waals surface area contributed by atoms with Crippen LogP contribution >= 0.6 is 0 Å². The highest BCUT2D eigenvalue weighted by Gasteiger charge is 2.15. The van der Waals surface area contributed by atoms with E-state index >= 15 is 0 Å². The number of benzene rings is 2. The van der Waals surface area contributed by atoms with Gasteiger partial charge in [-0.1, -0.05) is 18.2 Å². The molecule has 0 bridgehead atoms. The van der Waals surface area contributed by atoms with Crippen molar-refractivity contribution in [2.75, 3.05) is 25.1 Å². The number of anilines is 1. The van der Waals surface area contributed by atoms with Gasteiger partial charge in [0.2, 0.25) is 0 Å². The molecule has 1 atom stereocenters. The van der Waals surface area contributed by atoms with Crippen molar-refractivity contribution in [3.63, 3.8) is 0 Å². The fourth-order valence-electron chi connectivity index (χ4n) is 2.38. The molecule has 0 heterocycles. The van der Waals surface area contributed by atoms with E-state index in [4.69, 9.17) is 10.5 Å². The molecule has 0 spiro atoms. The summed E-state index contributed by atoms with van der Waals surface area (Å²) in [4.78, 5) is 2.12. The fraction of sp³-hybridized carbons (Fsp3) is 0.294. The van der Waals surface area contributed by atoms with Crippen LogP contribution in [0.2, 0.25) is 0 Å². The van der Waals surface area contributed by atoms with Gasteiger partial charge in [0.25, 0.3) is 0 Å². The van der Waals surface area contributed by atoms with Crippen molar-refractivity contribution < 1.29 is 9.13 Å². The molecule has 0 aromatic heterocycles.